The molecule has 1 aromatic carbocycles. The molecule has 106 valence electrons. The van der Waals surface area contributed by atoms with Crippen LogP contribution in [-0.2, 0) is 10.2 Å². The molecule has 0 aliphatic carbocycles. The Morgan fingerprint density at radius 1 is 1.37 bits per heavy atom. The molecule has 3 heteroatoms. The fourth-order valence-corrected chi connectivity index (χ4v) is 2.72. The molecule has 3 nitrogen and oxygen atoms in total. The van der Waals surface area contributed by atoms with E-state index in [0.717, 1.165) is 32.8 Å². The molecule has 1 fully saturated rings. The van der Waals surface area contributed by atoms with Crippen LogP contribution in [0.2, 0.25) is 0 Å². The van der Waals surface area contributed by atoms with Gasteiger partial charge in [-0.2, -0.15) is 0 Å². The van der Waals surface area contributed by atoms with E-state index in [1.165, 1.54) is 11.1 Å². The Kier molecular flexibility index (Phi) is 4.97. The van der Waals surface area contributed by atoms with Crippen molar-refractivity contribution in [3.05, 3.63) is 35.4 Å². The lowest BCUT2D eigenvalue weighted by Crippen LogP contribution is -2.46. The van der Waals surface area contributed by atoms with Crippen LogP contribution in [0, 0.1) is 6.92 Å². The van der Waals surface area contributed by atoms with Crippen LogP contribution in [0.4, 0.5) is 0 Å². The quantitative estimate of drug-likeness (QED) is 0.849. The van der Waals surface area contributed by atoms with Crippen molar-refractivity contribution in [2.45, 2.75) is 32.3 Å². The molecule has 0 radical (unpaired) electrons. The van der Waals surface area contributed by atoms with Crippen molar-refractivity contribution in [3.8, 4) is 0 Å². The lowest BCUT2D eigenvalue weighted by Gasteiger charge is -2.30. The Balaban J connectivity index is 1.85. The Bertz CT molecular complexity index is 397. The maximum atomic E-state index is 5.70. The van der Waals surface area contributed by atoms with Crippen LogP contribution < -0.4 is 10.6 Å². The maximum Gasteiger partial charge on any atom is 0.0824 e. The first-order valence-electron chi connectivity index (χ1n) is 7.19. The summed E-state index contributed by atoms with van der Waals surface area (Å²) in [6.45, 7) is 11.4. The van der Waals surface area contributed by atoms with E-state index in [-0.39, 0.29) is 5.41 Å². The third-order valence-corrected chi connectivity index (χ3v) is 3.82. The number of rotatable bonds is 5. The first kappa shape index (κ1) is 14.5. The van der Waals surface area contributed by atoms with E-state index < -0.39 is 0 Å². The number of aryl methyl sites for hydroxylation is 1. The zero-order valence-electron chi connectivity index (χ0n) is 12.3. The van der Waals surface area contributed by atoms with Crippen molar-refractivity contribution in [2.75, 3.05) is 32.8 Å². The fourth-order valence-electron chi connectivity index (χ4n) is 2.72. The molecule has 1 saturated heterocycles. The van der Waals surface area contributed by atoms with Gasteiger partial charge in [-0.25, -0.2) is 0 Å². The molecule has 0 spiro atoms. The number of ether oxygens (including phenoxy) is 1. The highest BCUT2D eigenvalue weighted by Gasteiger charge is 2.22. The molecule has 0 aromatic heterocycles. The molecule has 1 unspecified atom stereocenters. The van der Waals surface area contributed by atoms with Crippen LogP contribution >= 0.6 is 0 Å². The van der Waals surface area contributed by atoms with Gasteiger partial charge in [0.05, 0.1) is 12.7 Å². The van der Waals surface area contributed by atoms with Gasteiger partial charge >= 0.3 is 0 Å². The molecule has 1 aliphatic heterocycles. The van der Waals surface area contributed by atoms with E-state index in [1.54, 1.807) is 0 Å². The van der Waals surface area contributed by atoms with Crippen molar-refractivity contribution in [3.63, 3.8) is 0 Å². The molecule has 0 saturated carbocycles. The topological polar surface area (TPSA) is 33.3 Å². The Morgan fingerprint density at radius 2 is 2.16 bits per heavy atom. The number of nitrogens with one attached hydrogen (secondary N) is 2. The predicted octanol–water partition coefficient (Wildman–Crippen LogP) is 1.85. The smallest absolute Gasteiger partial charge is 0.0824 e. The third kappa shape index (κ3) is 4.03. The summed E-state index contributed by atoms with van der Waals surface area (Å²) in [6, 6.07) is 8.64. The van der Waals surface area contributed by atoms with E-state index in [9.17, 15) is 0 Å². The Hall–Kier alpha value is -0.900. The molecular weight excluding hydrogens is 236 g/mol. The van der Waals surface area contributed by atoms with Crippen molar-refractivity contribution >= 4 is 0 Å². The first-order chi connectivity index (χ1) is 9.09. The summed E-state index contributed by atoms with van der Waals surface area (Å²) in [6.07, 6.45) is 0.307. The highest BCUT2D eigenvalue weighted by Crippen LogP contribution is 2.25. The van der Waals surface area contributed by atoms with Gasteiger partial charge in [0.15, 0.2) is 0 Å². The minimum atomic E-state index is 0.146. The average molecular weight is 262 g/mol. The second kappa shape index (κ2) is 6.51. The highest BCUT2D eigenvalue weighted by atomic mass is 16.5. The van der Waals surface area contributed by atoms with Gasteiger partial charge in [-0.05, 0) is 18.1 Å². The predicted molar refractivity (Wildman–Crippen MR) is 79.7 cm³/mol. The number of hydrogen-bond donors (Lipinski definition) is 2. The molecule has 0 amide bonds. The van der Waals surface area contributed by atoms with E-state index in [0.29, 0.717) is 6.10 Å². The summed E-state index contributed by atoms with van der Waals surface area (Å²) in [7, 11) is 0. The SMILES string of the molecule is Cc1ccccc1C(C)(C)CNCC1CNCCO1. The lowest BCUT2D eigenvalue weighted by atomic mass is 9.82. The molecule has 1 atom stereocenters. The number of benzene rings is 1. The largest absolute Gasteiger partial charge is 0.374 e. The minimum absolute atomic E-state index is 0.146. The second-order valence-corrected chi connectivity index (χ2v) is 6.03. The van der Waals surface area contributed by atoms with Gasteiger partial charge in [0, 0.05) is 31.6 Å². The molecule has 1 aliphatic rings. The summed E-state index contributed by atoms with van der Waals surface area (Å²) < 4.78 is 5.70. The molecular formula is C16H26N2O. The summed E-state index contributed by atoms with van der Waals surface area (Å²) in [5.41, 5.74) is 2.93. The van der Waals surface area contributed by atoms with Crippen LogP contribution in [0.3, 0.4) is 0 Å². The van der Waals surface area contributed by atoms with Crippen molar-refractivity contribution < 1.29 is 4.74 Å². The van der Waals surface area contributed by atoms with Crippen LogP contribution in [0.15, 0.2) is 24.3 Å². The van der Waals surface area contributed by atoms with Crippen LogP contribution in [0.1, 0.15) is 25.0 Å². The first-order valence-corrected chi connectivity index (χ1v) is 7.19. The standard InChI is InChI=1S/C16H26N2O/c1-13-6-4-5-7-15(13)16(2,3)12-18-11-14-10-17-8-9-19-14/h4-7,14,17-18H,8-12H2,1-3H3. The second-order valence-electron chi connectivity index (χ2n) is 6.03. The third-order valence-electron chi connectivity index (χ3n) is 3.82. The minimum Gasteiger partial charge on any atom is -0.374 e. The van der Waals surface area contributed by atoms with Gasteiger partial charge < -0.3 is 15.4 Å². The average Bonchev–Trinajstić information content (AvgIpc) is 2.40. The van der Waals surface area contributed by atoms with E-state index in [2.05, 4.69) is 55.7 Å². The zero-order valence-corrected chi connectivity index (χ0v) is 12.3. The lowest BCUT2D eigenvalue weighted by molar-refractivity contribution is 0.0287. The summed E-state index contributed by atoms with van der Waals surface area (Å²) >= 11 is 0. The van der Waals surface area contributed by atoms with E-state index in [1.807, 2.05) is 0 Å². The van der Waals surface area contributed by atoms with Gasteiger partial charge in [-0.1, -0.05) is 38.1 Å². The van der Waals surface area contributed by atoms with E-state index in [4.69, 9.17) is 4.74 Å². The van der Waals surface area contributed by atoms with Gasteiger partial charge in [0.1, 0.15) is 0 Å². The summed E-state index contributed by atoms with van der Waals surface area (Å²) in [4.78, 5) is 0. The van der Waals surface area contributed by atoms with Crippen molar-refractivity contribution in [2.24, 2.45) is 0 Å². The normalized spacial score (nSPS) is 20.5. The van der Waals surface area contributed by atoms with Gasteiger partial charge in [0.2, 0.25) is 0 Å². The number of hydrogen-bond acceptors (Lipinski definition) is 3. The Labute approximate surface area is 116 Å². The van der Waals surface area contributed by atoms with Gasteiger partial charge in [0.25, 0.3) is 0 Å². The molecule has 2 N–H and O–H groups in total. The molecule has 1 heterocycles. The monoisotopic (exact) mass is 262 g/mol. The molecule has 19 heavy (non-hydrogen) atoms. The van der Waals surface area contributed by atoms with E-state index >= 15 is 0 Å². The molecule has 1 aromatic rings. The molecule has 0 bridgehead atoms. The van der Waals surface area contributed by atoms with Crippen LogP contribution in [-0.4, -0.2) is 38.9 Å². The Morgan fingerprint density at radius 3 is 2.84 bits per heavy atom. The van der Waals surface area contributed by atoms with Gasteiger partial charge in [-0.15, -0.1) is 0 Å². The van der Waals surface area contributed by atoms with Crippen LogP contribution in [0.25, 0.3) is 0 Å². The van der Waals surface area contributed by atoms with Crippen molar-refractivity contribution in [1.82, 2.24) is 10.6 Å². The fraction of sp³-hybridized carbons (Fsp3) is 0.625. The summed E-state index contributed by atoms with van der Waals surface area (Å²) in [5, 5.41) is 6.91. The molecule has 2 rings (SSSR count). The van der Waals surface area contributed by atoms with Crippen molar-refractivity contribution in [1.29, 1.82) is 0 Å². The van der Waals surface area contributed by atoms with Gasteiger partial charge in [-0.3, -0.25) is 0 Å². The zero-order chi connectivity index (χ0) is 13.7. The maximum absolute atomic E-state index is 5.70. The summed E-state index contributed by atoms with van der Waals surface area (Å²) in [5.74, 6) is 0. The highest BCUT2D eigenvalue weighted by molar-refractivity contribution is 5.32. The number of morpholine rings is 1. The van der Waals surface area contributed by atoms with Crippen LogP contribution in [0.5, 0.6) is 0 Å².